The van der Waals surface area contributed by atoms with Crippen molar-refractivity contribution in [3.05, 3.63) is 71.8 Å². The maximum atomic E-state index is 12.1. The van der Waals surface area contributed by atoms with Crippen LogP contribution in [0.3, 0.4) is 0 Å². The molecule has 0 amide bonds. The maximum absolute atomic E-state index is 12.1. The molecule has 0 bridgehead atoms. The predicted octanol–water partition coefficient (Wildman–Crippen LogP) is 1.97. The molecule has 0 radical (unpaired) electrons. The summed E-state index contributed by atoms with van der Waals surface area (Å²) in [4.78, 5) is 47.7. The van der Waals surface area contributed by atoms with Gasteiger partial charge in [-0.25, -0.2) is 0 Å². The first kappa shape index (κ1) is 32.4. The zero-order valence-corrected chi connectivity index (χ0v) is 24.5. The summed E-state index contributed by atoms with van der Waals surface area (Å²) in [7, 11) is 0. The Morgan fingerprint density at radius 3 is 1.81 bits per heavy atom. The maximum Gasteiger partial charge on any atom is 0.303 e. The van der Waals surface area contributed by atoms with Crippen molar-refractivity contribution in [1.29, 1.82) is 0 Å². The zero-order chi connectivity index (χ0) is 30.8. The molecular weight excluding hydrogens is 566 g/mol. The van der Waals surface area contributed by atoms with Crippen LogP contribution in [0.2, 0.25) is 0 Å². The molecule has 0 spiro atoms. The third-order valence-electron chi connectivity index (χ3n) is 6.25. The molecular formula is C29H35N3O9S. The number of nitrogens with two attached hydrogens (primary N) is 1. The van der Waals surface area contributed by atoms with Gasteiger partial charge >= 0.3 is 23.9 Å². The first-order valence-corrected chi connectivity index (χ1v) is 13.6. The lowest BCUT2D eigenvalue weighted by molar-refractivity contribution is -0.254. The third-order valence-corrected chi connectivity index (χ3v) is 6.49. The lowest BCUT2D eigenvalue weighted by atomic mass is 9.94. The summed E-state index contributed by atoms with van der Waals surface area (Å²) in [6.07, 6.45) is -6.28. The molecule has 1 saturated heterocycles. The number of hydrogen-bond donors (Lipinski definition) is 3. The molecule has 2 aromatic rings. The molecule has 42 heavy (non-hydrogen) atoms. The van der Waals surface area contributed by atoms with E-state index in [1.165, 1.54) is 6.92 Å². The molecule has 13 heteroatoms. The summed E-state index contributed by atoms with van der Waals surface area (Å²) in [5, 5.41) is 6.25. The summed E-state index contributed by atoms with van der Waals surface area (Å²) in [5.74, 6) is -2.80. The van der Waals surface area contributed by atoms with Gasteiger partial charge in [0, 0.05) is 27.7 Å². The van der Waals surface area contributed by atoms with Gasteiger partial charge < -0.3 is 40.1 Å². The highest BCUT2D eigenvalue weighted by Crippen LogP contribution is 2.30. The van der Waals surface area contributed by atoms with Crippen molar-refractivity contribution >= 4 is 41.2 Å². The normalized spacial score (nSPS) is 22.9. The Kier molecular flexibility index (Phi) is 11.8. The van der Waals surface area contributed by atoms with Crippen LogP contribution in [0, 0.1) is 0 Å². The molecule has 1 fully saturated rings. The second kappa shape index (κ2) is 15.2. The Morgan fingerprint density at radius 1 is 0.786 bits per heavy atom. The van der Waals surface area contributed by atoms with Crippen LogP contribution in [0.5, 0.6) is 0 Å². The first-order chi connectivity index (χ1) is 20.0. The molecule has 12 nitrogen and oxygen atoms in total. The fraction of sp³-hybridized carbons (Fsp3) is 0.414. The molecule has 0 saturated carbocycles. The molecule has 226 valence electrons. The van der Waals surface area contributed by atoms with Crippen LogP contribution in [0.15, 0.2) is 60.7 Å². The highest BCUT2D eigenvalue weighted by molar-refractivity contribution is 7.80. The van der Waals surface area contributed by atoms with E-state index in [0.717, 1.165) is 31.9 Å². The number of carbonyl (C=O) groups excluding carboxylic acids is 4. The summed E-state index contributed by atoms with van der Waals surface area (Å²) in [6, 6.07) is 17.8. The number of hydrogen-bond acceptors (Lipinski definition) is 11. The summed E-state index contributed by atoms with van der Waals surface area (Å²) < 4.78 is 27.6. The van der Waals surface area contributed by atoms with Crippen LogP contribution in [0.1, 0.15) is 50.9 Å². The minimum absolute atomic E-state index is 0.0659. The van der Waals surface area contributed by atoms with Gasteiger partial charge in [-0.15, -0.1) is 0 Å². The van der Waals surface area contributed by atoms with Gasteiger partial charge in [-0.1, -0.05) is 60.7 Å². The predicted molar refractivity (Wildman–Crippen MR) is 153 cm³/mol. The van der Waals surface area contributed by atoms with Crippen molar-refractivity contribution in [2.45, 2.75) is 70.4 Å². The number of nitrogens with one attached hydrogen (secondary N) is 2. The van der Waals surface area contributed by atoms with Crippen molar-refractivity contribution in [3.63, 3.8) is 0 Å². The van der Waals surface area contributed by atoms with E-state index in [2.05, 4.69) is 10.6 Å². The fourth-order valence-electron chi connectivity index (χ4n) is 4.57. The molecule has 1 heterocycles. The molecule has 0 aromatic heterocycles. The van der Waals surface area contributed by atoms with E-state index in [1.54, 1.807) is 0 Å². The van der Waals surface area contributed by atoms with Crippen LogP contribution in [0.25, 0.3) is 0 Å². The van der Waals surface area contributed by atoms with Crippen molar-refractivity contribution in [2.24, 2.45) is 5.73 Å². The van der Waals surface area contributed by atoms with E-state index < -0.39 is 66.6 Å². The number of carbonyl (C=O) groups is 4. The molecule has 1 aliphatic rings. The summed E-state index contributed by atoms with van der Waals surface area (Å²) >= 11 is 5.64. The van der Waals surface area contributed by atoms with Crippen molar-refractivity contribution in [1.82, 2.24) is 10.6 Å². The molecule has 4 N–H and O–H groups in total. The molecule has 3 rings (SSSR count). The number of benzene rings is 2. The zero-order valence-electron chi connectivity index (χ0n) is 23.7. The standard InChI is InChI=1S/C29H35N3O9S/c1-16(33)37-15-22-25(38-17(2)34)26(39-18(3)35)27(40-19(4)36)28(41-22)32-29(42)31-24(21-13-9-6-10-14-21)23(30)20-11-7-5-8-12-20/h5-14,22-28H,15,30H2,1-4H3,(H2,31,32,42)/t22-,23-,24-,25-,26+,27-,28-/m1/s1. The molecule has 2 aromatic carbocycles. The molecule has 0 unspecified atom stereocenters. The smallest absolute Gasteiger partial charge is 0.303 e. The van der Waals surface area contributed by atoms with Crippen LogP contribution >= 0.6 is 12.2 Å². The largest absolute Gasteiger partial charge is 0.463 e. The van der Waals surface area contributed by atoms with Gasteiger partial charge in [0.2, 0.25) is 0 Å². The fourth-order valence-corrected chi connectivity index (χ4v) is 4.81. The monoisotopic (exact) mass is 601 g/mol. The minimum Gasteiger partial charge on any atom is -0.463 e. The van der Waals surface area contributed by atoms with Gasteiger partial charge in [0.15, 0.2) is 29.7 Å². The average molecular weight is 602 g/mol. The van der Waals surface area contributed by atoms with Gasteiger partial charge in [-0.3, -0.25) is 19.2 Å². The van der Waals surface area contributed by atoms with Gasteiger partial charge in [-0.2, -0.15) is 0 Å². The van der Waals surface area contributed by atoms with Gasteiger partial charge in [0.05, 0.1) is 12.1 Å². The lowest BCUT2D eigenvalue weighted by Crippen LogP contribution is -2.67. The minimum atomic E-state index is -1.33. The van der Waals surface area contributed by atoms with Crippen molar-refractivity contribution in [3.8, 4) is 0 Å². The van der Waals surface area contributed by atoms with E-state index >= 15 is 0 Å². The Labute approximate surface area is 249 Å². The lowest BCUT2D eigenvalue weighted by Gasteiger charge is -2.44. The van der Waals surface area contributed by atoms with Crippen LogP contribution < -0.4 is 16.4 Å². The Morgan fingerprint density at radius 2 is 1.29 bits per heavy atom. The van der Waals surface area contributed by atoms with Gasteiger partial charge in [0.25, 0.3) is 0 Å². The number of esters is 4. The second-order valence-electron chi connectivity index (χ2n) is 9.56. The first-order valence-electron chi connectivity index (χ1n) is 13.2. The number of ether oxygens (including phenoxy) is 5. The highest BCUT2D eigenvalue weighted by Gasteiger charge is 2.52. The van der Waals surface area contributed by atoms with Crippen LogP contribution in [-0.2, 0) is 42.9 Å². The van der Waals surface area contributed by atoms with Crippen LogP contribution in [-0.4, -0.2) is 66.2 Å². The quantitative estimate of drug-likeness (QED) is 0.206. The Bertz CT molecular complexity index is 1250. The van der Waals surface area contributed by atoms with E-state index in [0.29, 0.717) is 0 Å². The Balaban J connectivity index is 1.93. The van der Waals surface area contributed by atoms with Crippen molar-refractivity contribution in [2.75, 3.05) is 6.61 Å². The molecule has 0 aliphatic carbocycles. The highest BCUT2D eigenvalue weighted by atomic mass is 32.1. The SMILES string of the molecule is CC(=O)OC[C@H]1O[C@@H](NC(=S)N[C@H](c2ccccc2)[C@H](N)c2ccccc2)[C@H](OC(C)=O)[C@@H](OC(C)=O)[C@@H]1OC(C)=O. The Hall–Kier alpha value is -4.07. The van der Waals surface area contributed by atoms with Gasteiger partial charge in [-0.05, 0) is 23.3 Å². The van der Waals surface area contributed by atoms with E-state index in [4.69, 9.17) is 41.6 Å². The summed E-state index contributed by atoms with van der Waals surface area (Å²) in [5.41, 5.74) is 8.37. The number of rotatable bonds is 10. The van der Waals surface area contributed by atoms with E-state index in [1.807, 2.05) is 60.7 Å². The topological polar surface area (TPSA) is 165 Å². The van der Waals surface area contributed by atoms with Crippen LogP contribution in [0.4, 0.5) is 0 Å². The second-order valence-corrected chi connectivity index (χ2v) is 9.97. The van der Waals surface area contributed by atoms with Gasteiger partial charge in [0.1, 0.15) is 12.7 Å². The molecule has 7 atom stereocenters. The average Bonchev–Trinajstić information content (AvgIpc) is 2.93. The summed E-state index contributed by atoms with van der Waals surface area (Å²) in [6.45, 7) is 4.30. The van der Waals surface area contributed by atoms with E-state index in [-0.39, 0.29) is 11.7 Å². The van der Waals surface area contributed by atoms with Crippen molar-refractivity contribution < 1.29 is 42.9 Å². The molecule has 1 aliphatic heterocycles. The van der Waals surface area contributed by atoms with E-state index in [9.17, 15) is 19.2 Å². The number of thiocarbonyl (C=S) groups is 1. The third kappa shape index (κ3) is 9.23.